The number of aliphatic hydroxyl groups excluding tert-OH is 1. The van der Waals surface area contributed by atoms with E-state index in [1.807, 2.05) is 30.3 Å². The first-order chi connectivity index (χ1) is 17.9. The number of hydrazine groups is 1. The van der Waals surface area contributed by atoms with Gasteiger partial charge in [0.1, 0.15) is 11.9 Å². The van der Waals surface area contributed by atoms with E-state index in [4.69, 9.17) is 19.6 Å². The van der Waals surface area contributed by atoms with Crippen LogP contribution in [0.4, 0.5) is 8.78 Å². The molecule has 3 N–H and O–H groups in total. The Bertz CT molecular complexity index is 1240. The fraction of sp³-hybridized carbons (Fsp3) is 0.286. The smallest absolute Gasteiger partial charge is 0.266 e. The van der Waals surface area contributed by atoms with E-state index in [0.717, 1.165) is 17.7 Å². The van der Waals surface area contributed by atoms with Crippen molar-refractivity contribution in [3.05, 3.63) is 101 Å². The summed E-state index contributed by atoms with van der Waals surface area (Å²) in [5.41, 5.74) is 6.27. The molecule has 7 nitrogen and oxygen atoms in total. The third-order valence-electron chi connectivity index (χ3n) is 6.12. The standard InChI is InChI=1S/C28H29F2N3O4/c1-19-28(17-20-6-3-2-4-7-20,27(35)33-31-18-21-8-13-24(29)25(30)16-21)32-26(37-19)22-9-11-23(12-10-22)36-15-5-14-34/h2-4,6-13,16,19,31,34H,5,14-15,17-18H2,1H3,(H,33,35)/t19-,28-/m0/s1. The predicted molar refractivity (Wildman–Crippen MR) is 135 cm³/mol. The maximum Gasteiger partial charge on any atom is 0.266 e. The SMILES string of the molecule is C[C@@H]1OC(c2ccc(OCCCO)cc2)=N[C@]1(Cc1ccccc1)C(=O)NNCc1ccc(F)c(F)c1. The molecular formula is C28H29F2N3O4. The van der Waals surface area contributed by atoms with Gasteiger partial charge in [0.25, 0.3) is 5.91 Å². The van der Waals surface area contributed by atoms with E-state index in [1.165, 1.54) is 6.07 Å². The lowest BCUT2D eigenvalue weighted by atomic mass is 9.86. The number of aliphatic imine (C=N–C) groups is 1. The van der Waals surface area contributed by atoms with Crippen LogP contribution in [0.15, 0.2) is 77.8 Å². The van der Waals surface area contributed by atoms with Crippen molar-refractivity contribution in [1.82, 2.24) is 10.9 Å². The van der Waals surface area contributed by atoms with E-state index in [2.05, 4.69) is 10.9 Å². The molecule has 0 unspecified atom stereocenters. The maximum absolute atomic E-state index is 13.5. The van der Waals surface area contributed by atoms with Crippen LogP contribution in [0.5, 0.6) is 5.75 Å². The van der Waals surface area contributed by atoms with Gasteiger partial charge in [0, 0.05) is 31.6 Å². The van der Waals surface area contributed by atoms with Gasteiger partial charge in [-0.3, -0.25) is 10.2 Å². The average Bonchev–Trinajstić information content (AvgIpc) is 3.24. The van der Waals surface area contributed by atoms with Crippen molar-refractivity contribution in [3.63, 3.8) is 0 Å². The lowest BCUT2D eigenvalue weighted by Crippen LogP contribution is -2.55. The second-order valence-electron chi connectivity index (χ2n) is 8.77. The molecule has 0 spiro atoms. The fourth-order valence-corrected chi connectivity index (χ4v) is 4.03. The number of rotatable bonds is 11. The number of nitrogens with zero attached hydrogens (tertiary/aromatic N) is 1. The molecule has 1 amide bonds. The number of hydrogen-bond acceptors (Lipinski definition) is 6. The third-order valence-corrected chi connectivity index (χ3v) is 6.12. The summed E-state index contributed by atoms with van der Waals surface area (Å²) in [6.45, 7) is 2.35. The molecule has 1 aliphatic heterocycles. The number of nitrogens with one attached hydrogen (secondary N) is 2. The highest BCUT2D eigenvalue weighted by Gasteiger charge is 2.50. The molecular weight excluding hydrogens is 480 g/mol. The van der Waals surface area contributed by atoms with Crippen LogP contribution in [-0.2, 0) is 22.5 Å². The largest absolute Gasteiger partial charge is 0.494 e. The van der Waals surface area contributed by atoms with Crippen LogP contribution in [0.3, 0.4) is 0 Å². The number of halogens is 2. The number of aliphatic hydroxyl groups is 1. The molecule has 0 aromatic heterocycles. The second-order valence-corrected chi connectivity index (χ2v) is 8.77. The molecule has 0 radical (unpaired) electrons. The van der Waals surface area contributed by atoms with Crippen molar-refractivity contribution < 1.29 is 28.2 Å². The first-order valence-corrected chi connectivity index (χ1v) is 12.0. The van der Waals surface area contributed by atoms with Gasteiger partial charge < -0.3 is 14.6 Å². The number of benzene rings is 3. The molecule has 3 aromatic carbocycles. The fourth-order valence-electron chi connectivity index (χ4n) is 4.03. The summed E-state index contributed by atoms with van der Waals surface area (Å²) in [6, 6.07) is 20.2. The quantitative estimate of drug-likeness (QED) is 0.271. The van der Waals surface area contributed by atoms with Gasteiger partial charge >= 0.3 is 0 Å². The van der Waals surface area contributed by atoms with E-state index in [-0.39, 0.29) is 13.2 Å². The summed E-state index contributed by atoms with van der Waals surface area (Å²) in [6.07, 6.45) is 0.240. The summed E-state index contributed by atoms with van der Waals surface area (Å²) in [5, 5.41) is 8.91. The number of carbonyl (C=O) groups excluding carboxylic acids is 1. The molecule has 0 saturated carbocycles. The van der Waals surface area contributed by atoms with Crippen LogP contribution < -0.4 is 15.6 Å². The number of ether oxygens (including phenoxy) is 2. The van der Waals surface area contributed by atoms with Gasteiger partial charge in [-0.15, -0.1) is 0 Å². The Morgan fingerprint density at radius 3 is 2.51 bits per heavy atom. The normalized spacial score (nSPS) is 18.7. The zero-order chi connectivity index (χ0) is 26.3. The van der Waals surface area contributed by atoms with Crippen molar-refractivity contribution in [3.8, 4) is 5.75 Å². The Labute approximate surface area is 214 Å². The highest BCUT2D eigenvalue weighted by molar-refractivity contribution is 6.00. The van der Waals surface area contributed by atoms with E-state index in [0.29, 0.717) is 42.2 Å². The van der Waals surface area contributed by atoms with E-state index < -0.39 is 29.2 Å². The number of amides is 1. The third kappa shape index (κ3) is 6.31. The topological polar surface area (TPSA) is 92.2 Å². The van der Waals surface area contributed by atoms with E-state index in [1.54, 1.807) is 31.2 Å². The molecule has 0 aliphatic carbocycles. The van der Waals surface area contributed by atoms with Crippen molar-refractivity contribution in [2.45, 2.75) is 38.0 Å². The Balaban J connectivity index is 1.53. The first kappa shape index (κ1) is 26.2. The minimum absolute atomic E-state index is 0.0574. The van der Waals surface area contributed by atoms with Gasteiger partial charge in [0.2, 0.25) is 5.90 Å². The molecule has 194 valence electrons. The van der Waals surface area contributed by atoms with E-state index >= 15 is 0 Å². The first-order valence-electron chi connectivity index (χ1n) is 12.0. The second kappa shape index (κ2) is 11.9. The van der Waals surface area contributed by atoms with Gasteiger partial charge in [-0.2, -0.15) is 0 Å². The van der Waals surface area contributed by atoms with Crippen molar-refractivity contribution >= 4 is 11.8 Å². The summed E-state index contributed by atoms with van der Waals surface area (Å²) >= 11 is 0. The van der Waals surface area contributed by atoms with Gasteiger partial charge in [-0.05, 0) is 54.4 Å². The van der Waals surface area contributed by atoms with Crippen molar-refractivity contribution in [1.29, 1.82) is 0 Å². The van der Waals surface area contributed by atoms with Gasteiger partial charge in [0.15, 0.2) is 17.2 Å². The zero-order valence-electron chi connectivity index (χ0n) is 20.4. The molecule has 0 fully saturated rings. The van der Waals surface area contributed by atoms with E-state index in [9.17, 15) is 13.6 Å². The molecule has 3 aromatic rings. The number of carbonyl (C=O) groups is 1. The molecule has 4 rings (SSSR count). The molecule has 37 heavy (non-hydrogen) atoms. The Hall–Kier alpha value is -3.82. The zero-order valence-corrected chi connectivity index (χ0v) is 20.4. The minimum atomic E-state index is -1.27. The molecule has 0 bridgehead atoms. The highest BCUT2D eigenvalue weighted by Crippen LogP contribution is 2.32. The number of hydrogen-bond donors (Lipinski definition) is 3. The monoisotopic (exact) mass is 509 g/mol. The molecule has 2 atom stereocenters. The van der Waals surface area contributed by atoms with Gasteiger partial charge in [-0.1, -0.05) is 36.4 Å². The highest BCUT2D eigenvalue weighted by atomic mass is 19.2. The molecule has 1 heterocycles. The Morgan fingerprint density at radius 1 is 1.05 bits per heavy atom. The van der Waals surface area contributed by atoms with Crippen LogP contribution in [0.2, 0.25) is 0 Å². The van der Waals surface area contributed by atoms with Gasteiger partial charge in [0.05, 0.1) is 6.61 Å². The van der Waals surface area contributed by atoms with Crippen LogP contribution >= 0.6 is 0 Å². The molecule has 9 heteroatoms. The Kier molecular flexibility index (Phi) is 8.47. The molecule has 0 saturated heterocycles. The summed E-state index contributed by atoms with van der Waals surface area (Å²) in [5.74, 6) is -1.31. The lowest BCUT2D eigenvalue weighted by molar-refractivity contribution is -0.129. The average molecular weight is 510 g/mol. The van der Waals surface area contributed by atoms with Crippen molar-refractivity contribution in [2.24, 2.45) is 4.99 Å². The maximum atomic E-state index is 13.5. The summed E-state index contributed by atoms with van der Waals surface area (Å²) in [4.78, 5) is 18.3. The van der Waals surface area contributed by atoms with Crippen LogP contribution in [-0.4, -0.2) is 41.8 Å². The summed E-state index contributed by atoms with van der Waals surface area (Å²) in [7, 11) is 0. The van der Waals surface area contributed by atoms with Crippen molar-refractivity contribution in [2.75, 3.05) is 13.2 Å². The van der Waals surface area contributed by atoms with Gasteiger partial charge in [-0.25, -0.2) is 19.2 Å². The van der Waals surface area contributed by atoms with Crippen LogP contribution in [0.1, 0.15) is 30.0 Å². The van der Waals surface area contributed by atoms with Crippen LogP contribution in [0.25, 0.3) is 0 Å². The molecule has 1 aliphatic rings. The predicted octanol–water partition coefficient (Wildman–Crippen LogP) is 3.69. The lowest BCUT2D eigenvalue weighted by Gasteiger charge is -2.28. The van der Waals surface area contributed by atoms with Crippen LogP contribution in [0, 0.1) is 11.6 Å². The Morgan fingerprint density at radius 2 is 1.81 bits per heavy atom. The minimum Gasteiger partial charge on any atom is -0.494 e. The summed E-state index contributed by atoms with van der Waals surface area (Å²) < 4.78 is 38.4.